The fraction of sp³-hybridized carbons (Fsp3) is 0.533. The summed E-state index contributed by atoms with van der Waals surface area (Å²) in [5, 5.41) is 2.78. The monoisotopic (exact) mass is 318 g/mol. The predicted octanol–water partition coefficient (Wildman–Crippen LogP) is 2.51. The highest BCUT2D eigenvalue weighted by Gasteiger charge is 2.13. The highest BCUT2D eigenvalue weighted by Crippen LogP contribution is 2.10. The highest BCUT2D eigenvalue weighted by molar-refractivity contribution is 5.85. The Morgan fingerprint density at radius 3 is 2.52 bits per heavy atom. The number of hydrogen-bond donors (Lipinski definition) is 2. The van der Waals surface area contributed by atoms with E-state index in [9.17, 15) is 9.18 Å². The topological polar surface area (TPSA) is 64.4 Å². The molecule has 0 saturated carbocycles. The van der Waals surface area contributed by atoms with E-state index in [2.05, 4.69) is 5.32 Å². The van der Waals surface area contributed by atoms with Gasteiger partial charge in [0.15, 0.2) is 0 Å². The number of benzene rings is 1. The number of rotatable bonds is 8. The van der Waals surface area contributed by atoms with Crippen molar-refractivity contribution in [1.82, 2.24) is 5.32 Å². The minimum Gasteiger partial charge on any atom is -0.494 e. The van der Waals surface area contributed by atoms with E-state index in [0.717, 1.165) is 0 Å². The van der Waals surface area contributed by atoms with Gasteiger partial charge in [-0.15, -0.1) is 12.4 Å². The Morgan fingerprint density at radius 2 is 1.95 bits per heavy atom. The van der Waals surface area contributed by atoms with E-state index in [-0.39, 0.29) is 24.1 Å². The molecule has 0 aliphatic heterocycles. The van der Waals surface area contributed by atoms with Gasteiger partial charge >= 0.3 is 0 Å². The molecule has 120 valence electrons. The Balaban J connectivity index is 0.00000400. The molecule has 1 rings (SSSR count). The number of amides is 1. The zero-order valence-electron chi connectivity index (χ0n) is 12.5. The molecular weight excluding hydrogens is 295 g/mol. The molecule has 0 fully saturated rings. The van der Waals surface area contributed by atoms with Gasteiger partial charge in [-0.05, 0) is 43.0 Å². The van der Waals surface area contributed by atoms with Gasteiger partial charge < -0.3 is 15.8 Å². The fourth-order valence-electron chi connectivity index (χ4n) is 1.75. The second-order valence-electron chi connectivity index (χ2n) is 5.18. The average Bonchev–Trinajstić information content (AvgIpc) is 2.39. The molecule has 21 heavy (non-hydrogen) atoms. The number of nitrogens with one attached hydrogen (secondary N) is 1. The van der Waals surface area contributed by atoms with Crippen molar-refractivity contribution in [3.63, 3.8) is 0 Å². The third-order valence-electron chi connectivity index (χ3n) is 2.76. The van der Waals surface area contributed by atoms with E-state index in [0.29, 0.717) is 37.7 Å². The molecule has 0 saturated heterocycles. The number of carbonyl (C=O) groups is 1. The van der Waals surface area contributed by atoms with Crippen molar-refractivity contribution in [3.8, 4) is 5.75 Å². The lowest BCUT2D eigenvalue weighted by molar-refractivity contribution is -0.122. The maximum atomic E-state index is 12.7. The van der Waals surface area contributed by atoms with Crippen LogP contribution in [0.15, 0.2) is 24.3 Å². The van der Waals surface area contributed by atoms with Gasteiger partial charge in [0, 0.05) is 6.54 Å². The van der Waals surface area contributed by atoms with Gasteiger partial charge in [0.1, 0.15) is 11.6 Å². The maximum Gasteiger partial charge on any atom is 0.236 e. The van der Waals surface area contributed by atoms with Crippen molar-refractivity contribution in [3.05, 3.63) is 30.1 Å². The molecule has 1 aromatic carbocycles. The number of halogens is 2. The van der Waals surface area contributed by atoms with Crippen LogP contribution in [0.5, 0.6) is 5.75 Å². The first kappa shape index (κ1) is 19.7. The van der Waals surface area contributed by atoms with Gasteiger partial charge in [0.2, 0.25) is 5.91 Å². The molecule has 4 nitrogen and oxygen atoms in total. The van der Waals surface area contributed by atoms with E-state index < -0.39 is 6.04 Å². The summed E-state index contributed by atoms with van der Waals surface area (Å²) in [7, 11) is 0. The van der Waals surface area contributed by atoms with E-state index in [1.165, 1.54) is 12.1 Å². The van der Waals surface area contributed by atoms with Crippen LogP contribution in [0.3, 0.4) is 0 Å². The highest BCUT2D eigenvalue weighted by atomic mass is 35.5. The molecule has 0 bridgehead atoms. The molecule has 1 amide bonds. The summed E-state index contributed by atoms with van der Waals surface area (Å²) in [4.78, 5) is 11.6. The van der Waals surface area contributed by atoms with E-state index >= 15 is 0 Å². The zero-order valence-corrected chi connectivity index (χ0v) is 13.3. The second kappa shape index (κ2) is 10.4. The summed E-state index contributed by atoms with van der Waals surface area (Å²) >= 11 is 0. The summed E-state index contributed by atoms with van der Waals surface area (Å²) in [6.45, 7) is 5.05. The van der Waals surface area contributed by atoms with Crippen molar-refractivity contribution in [2.24, 2.45) is 11.7 Å². The van der Waals surface area contributed by atoms with Crippen LogP contribution in [0.1, 0.15) is 26.7 Å². The number of nitrogens with two attached hydrogens (primary N) is 1. The summed E-state index contributed by atoms with van der Waals surface area (Å²) in [6.07, 6.45) is 1.36. The Kier molecular flexibility index (Phi) is 9.75. The third kappa shape index (κ3) is 8.52. The molecule has 0 heterocycles. The van der Waals surface area contributed by atoms with E-state index in [1.807, 2.05) is 13.8 Å². The molecule has 0 radical (unpaired) electrons. The molecule has 6 heteroatoms. The van der Waals surface area contributed by atoms with Crippen LogP contribution >= 0.6 is 12.4 Å². The maximum absolute atomic E-state index is 12.7. The summed E-state index contributed by atoms with van der Waals surface area (Å²) in [5.74, 6) is 0.607. The fourth-order valence-corrected chi connectivity index (χ4v) is 1.75. The van der Waals surface area contributed by atoms with Crippen LogP contribution in [0.25, 0.3) is 0 Å². The van der Waals surface area contributed by atoms with Crippen molar-refractivity contribution in [1.29, 1.82) is 0 Å². The van der Waals surface area contributed by atoms with Crippen LogP contribution < -0.4 is 15.8 Å². The lowest BCUT2D eigenvalue weighted by atomic mass is 10.0. The van der Waals surface area contributed by atoms with Crippen LogP contribution in [-0.2, 0) is 4.79 Å². The van der Waals surface area contributed by atoms with Gasteiger partial charge in [-0.25, -0.2) is 4.39 Å². The van der Waals surface area contributed by atoms with Crippen molar-refractivity contribution >= 4 is 18.3 Å². The number of hydrogen-bond acceptors (Lipinski definition) is 3. The van der Waals surface area contributed by atoms with Crippen LogP contribution in [-0.4, -0.2) is 25.1 Å². The first-order valence-electron chi connectivity index (χ1n) is 6.90. The number of ether oxygens (including phenoxy) is 1. The molecule has 0 aliphatic rings. The Bertz CT molecular complexity index is 413. The van der Waals surface area contributed by atoms with E-state index in [1.54, 1.807) is 12.1 Å². The lowest BCUT2D eigenvalue weighted by Gasteiger charge is -2.14. The van der Waals surface area contributed by atoms with E-state index in [4.69, 9.17) is 10.5 Å². The van der Waals surface area contributed by atoms with Crippen molar-refractivity contribution in [2.75, 3.05) is 13.2 Å². The molecule has 0 unspecified atom stereocenters. The molecular formula is C15H24ClFN2O2. The summed E-state index contributed by atoms with van der Waals surface area (Å²) in [5.41, 5.74) is 5.76. The number of carbonyl (C=O) groups excluding carboxylic acids is 1. The molecule has 1 aromatic rings. The molecule has 0 aliphatic carbocycles. The largest absolute Gasteiger partial charge is 0.494 e. The summed E-state index contributed by atoms with van der Waals surface area (Å²) in [6, 6.07) is 5.40. The normalized spacial score (nSPS) is 11.7. The minimum atomic E-state index is -0.451. The standard InChI is InChI=1S/C15H23FN2O2.ClH/c1-11(2)10-14(17)15(19)18-8-3-9-20-13-6-4-12(16)5-7-13;/h4-7,11,14H,3,8-10,17H2,1-2H3,(H,18,19);1H/t14-;/m0./s1. The smallest absolute Gasteiger partial charge is 0.236 e. The van der Waals surface area contributed by atoms with Gasteiger partial charge in [0.05, 0.1) is 12.6 Å². The lowest BCUT2D eigenvalue weighted by Crippen LogP contribution is -2.41. The first-order valence-corrected chi connectivity index (χ1v) is 6.90. The first-order chi connectivity index (χ1) is 9.49. The van der Waals surface area contributed by atoms with Crippen molar-refractivity contribution in [2.45, 2.75) is 32.7 Å². The minimum absolute atomic E-state index is 0. The molecule has 0 spiro atoms. The van der Waals surface area contributed by atoms with Gasteiger partial charge in [0.25, 0.3) is 0 Å². The predicted molar refractivity (Wildman–Crippen MR) is 84.2 cm³/mol. The quantitative estimate of drug-likeness (QED) is 0.724. The van der Waals surface area contributed by atoms with Gasteiger partial charge in [-0.3, -0.25) is 4.79 Å². The molecule has 0 aromatic heterocycles. The second-order valence-corrected chi connectivity index (χ2v) is 5.18. The third-order valence-corrected chi connectivity index (χ3v) is 2.76. The average molecular weight is 319 g/mol. The molecule has 1 atom stereocenters. The summed E-state index contributed by atoms with van der Waals surface area (Å²) < 4.78 is 18.1. The SMILES string of the molecule is CC(C)C[C@H](N)C(=O)NCCCOc1ccc(F)cc1.Cl. The Hall–Kier alpha value is -1.33. The van der Waals surface area contributed by atoms with Gasteiger partial charge in [-0.1, -0.05) is 13.8 Å². The van der Waals surface area contributed by atoms with Crippen LogP contribution in [0.2, 0.25) is 0 Å². The van der Waals surface area contributed by atoms with Crippen molar-refractivity contribution < 1.29 is 13.9 Å². The van der Waals surface area contributed by atoms with Crippen LogP contribution in [0.4, 0.5) is 4.39 Å². The Morgan fingerprint density at radius 1 is 1.33 bits per heavy atom. The Labute approximate surface area is 131 Å². The zero-order chi connectivity index (χ0) is 15.0. The molecule has 3 N–H and O–H groups in total. The van der Waals surface area contributed by atoms with Gasteiger partial charge in [-0.2, -0.15) is 0 Å². The van der Waals surface area contributed by atoms with Crippen LogP contribution in [0, 0.1) is 11.7 Å².